The van der Waals surface area contributed by atoms with E-state index < -0.39 is 0 Å². The summed E-state index contributed by atoms with van der Waals surface area (Å²) in [5, 5.41) is 9.94. The van der Waals surface area contributed by atoms with Gasteiger partial charge in [0.05, 0.1) is 26.4 Å². The van der Waals surface area contributed by atoms with Crippen molar-refractivity contribution < 1.29 is 9.47 Å². The van der Waals surface area contributed by atoms with E-state index in [0.29, 0.717) is 63.9 Å². The van der Waals surface area contributed by atoms with Crippen LogP contribution in [0.15, 0.2) is 54.6 Å². The van der Waals surface area contributed by atoms with Gasteiger partial charge >= 0.3 is 0 Å². The molecule has 0 atom stereocenters. The Balaban J connectivity index is 1.57. The lowest BCUT2D eigenvalue weighted by molar-refractivity contribution is 0.0547. The van der Waals surface area contributed by atoms with Crippen LogP contribution >= 0.6 is 0 Å². The average molecular weight is 508 g/mol. The Kier molecular flexibility index (Phi) is 13.2. The van der Waals surface area contributed by atoms with Gasteiger partial charge in [0.2, 0.25) is 17.8 Å². The Bertz CT molecular complexity index is 1020. The first kappa shape index (κ1) is 28.3. The second kappa shape index (κ2) is 17.2. The normalized spacial score (nSPS) is 10.9. The highest BCUT2D eigenvalue weighted by Crippen LogP contribution is 2.16. The summed E-state index contributed by atoms with van der Waals surface area (Å²) in [6.07, 6.45) is 4.13. The van der Waals surface area contributed by atoms with Crippen molar-refractivity contribution in [3.63, 3.8) is 0 Å². The van der Waals surface area contributed by atoms with Crippen LogP contribution in [0.1, 0.15) is 36.5 Å². The van der Waals surface area contributed by atoms with Gasteiger partial charge in [0, 0.05) is 26.2 Å². The molecule has 2 aromatic carbocycles. The second-order valence-electron chi connectivity index (χ2n) is 8.63. The molecule has 200 valence electrons. The highest BCUT2D eigenvalue weighted by atomic mass is 16.5. The minimum absolute atomic E-state index is 0.511. The quantitative estimate of drug-likeness (QED) is 0.179. The Hall–Kier alpha value is -3.27. The molecule has 0 saturated heterocycles. The van der Waals surface area contributed by atoms with Gasteiger partial charge in [-0.05, 0) is 36.0 Å². The van der Waals surface area contributed by atoms with Gasteiger partial charge in [-0.1, -0.05) is 67.9 Å². The number of anilines is 3. The molecule has 0 aliphatic carbocycles. The van der Waals surface area contributed by atoms with E-state index in [1.807, 2.05) is 0 Å². The topological polar surface area (TPSA) is 119 Å². The van der Waals surface area contributed by atoms with E-state index in [0.717, 1.165) is 32.2 Å². The number of rotatable bonds is 19. The first-order valence-electron chi connectivity index (χ1n) is 13.2. The number of aryl methyl sites for hydroxylation is 2. The molecule has 5 N–H and O–H groups in total. The maximum absolute atomic E-state index is 5.58. The first-order valence-corrected chi connectivity index (χ1v) is 13.2. The fraction of sp³-hybridized carbons (Fsp3) is 0.464. The van der Waals surface area contributed by atoms with E-state index in [2.05, 4.69) is 92.4 Å². The van der Waals surface area contributed by atoms with Gasteiger partial charge in [-0.15, -0.1) is 0 Å². The highest BCUT2D eigenvalue weighted by Gasteiger charge is 2.08. The molecule has 0 radical (unpaired) electrons. The highest BCUT2D eigenvalue weighted by molar-refractivity contribution is 5.43. The van der Waals surface area contributed by atoms with Gasteiger partial charge in [-0.2, -0.15) is 15.0 Å². The average Bonchev–Trinajstić information content (AvgIpc) is 2.93. The number of benzene rings is 2. The molecule has 0 spiro atoms. The molecule has 0 bridgehead atoms. The van der Waals surface area contributed by atoms with Crippen LogP contribution in [0, 0.1) is 0 Å². The number of unbranched alkanes of at least 4 members (excludes halogenated alkanes) is 1. The van der Waals surface area contributed by atoms with E-state index >= 15 is 0 Å². The van der Waals surface area contributed by atoms with E-state index in [1.165, 1.54) is 16.7 Å². The minimum atomic E-state index is 0.511. The van der Waals surface area contributed by atoms with Crippen molar-refractivity contribution in [2.24, 2.45) is 5.73 Å². The van der Waals surface area contributed by atoms with Crippen molar-refractivity contribution in [1.29, 1.82) is 0 Å². The van der Waals surface area contributed by atoms with E-state index in [-0.39, 0.29) is 0 Å². The zero-order chi connectivity index (χ0) is 26.0. The van der Waals surface area contributed by atoms with E-state index in [9.17, 15) is 0 Å². The molecular formula is C28H41N7O2. The van der Waals surface area contributed by atoms with Gasteiger partial charge in [0.15, 0.2) is 0 Å². The summed E-state index contributed by atoms with van der Waals surface area (Å²) in [5.41, 5.74) is 9.31. The van der Waals surface area contributed by atoms with Gasteiger partial charge < -0.3 is 31.2 Å². The van der Waals surface area contributed by atoms with Crippen LogP contribution in [0.25, 0.3) is 0 Å². The van der Waals surface area contributed by atoms with Crippen molar-refractivity contribution in [1.82, 2.24) is 15.0 Å². The van der Waals surface area contributed by atoms with Crippen molar-refractivity contribution >= 4 is 17.8 Å². The standard InChI is InChI=1S/C28H41N7O2/c1-2-3-16-30-26-33-27(31-17-19-37-21-20-36-18-15-29)35-28(34-26)32-22-25-12-8-7-11-24(25)14-13-23-9-5-4-6-10-23/h4-12H,2-3,13-22,29H2,1H3,(H3,30,31,32,33,34,35). The maximum Gasteiger partial charge on any atom is 0.229 e. The third kappa shape index (κ3) is 11.1. The lowest BCUT2D eigenvalue weighted by Gasteiger charge is -2.13. The van der Waals surface area contributed by atoms with Crippen LogP contribution in [-0.4, -0.2) is 61.0 Å². The molecule has 1 heterocycles. The first-order chi connectivity index (χ1) is 18.3. The number of aromatic nitrogens is 3. The Labute approximate surface area is 220 Å². The van der Waals surface area contributed by atoms with E-state index in [1.54, 1.807) is 0 Å². The van der Waals surface area contributed by atoms with Crippen molar-refractivity contribution in [2.45, 2.75) is 39.2 Å². The molecule has 0 amide bonds. The molecule has 0 fully saturated rings. The third-order valence-electron chi connectivity index (χ3n) is 5.69. The van der Waals surface area contributed by atoms with Gasteiger partial charge in [-0.25, -0.2) is 0 Å². The SMILES string of the molecule is CCCCNc1nc(NCCOCCOCCN)nc(NCc2ccccc2CCc2ccccc2)n1. The summed E-state index contributed by atoms with van der Waals surface area (Å²) in [4.78, 5) is 13.7. The molecule has 37 heavy (non-hydrogen) atoms. The number of nitrogens with two attached hydrogens (primary N) is 1. The van der Waals surface area contributed by atoms with Crippen LogP contribution in [0.4, 0.5) is 17.8 Å². The Morgan fingerprint density at radius 3 is 2.00 bits per heavy atom. The molecule has 0 saturated carbocycles. The number of nitrogens with zero attached hydrogens (tertiary/aromatic N) is 3. The van der Waals surface area contributed by atoms with Crippen LogP contribution in [0.3, 0.4) is 0 Å². The molecule has 1 aromatic heterocycles. The van der Waals surface area contributed by atoms with E-state index in [4.69, 9.17) is 15.2 Å². The molecule has 3 aromatic rings. The van der Waals surface area contributed by atoms with Gasteiger partial charge in [0.1, 0.15) is 0 Å². The summed E-state index contributed by atoms with van der Waals surface area (Å²) in [7, 11) is 0. The third-order valence-corrected chi connectivity index (χ3v) is 5.69. The lowest BCUT2D eigenvalue weighted by Crippen LogP contribution is -2.17. The predicted octanol–water partition coefficient (Wildman–Crippen LogP) is 3.88. The van der Waals surface area contributed by atoms with Crippen molar-refractivity contribution in [2.75, 3.05) is 62.0 Å². The molecule has 3 rings (SSSR count). The summed E-state index contributed by atoms with van der Waals surface area (Å²) in [6, 6.07) is 19.1. The van der Waals surface area contributed by atoms with Gasteiger partial charge in [0.25, 0.3) is 0 Å². The number of hydrogen-bond donors (Lipinski definition) is 4. The molecule has 0 unspecified atom stereocenters. The second-order valence-corrected chi connectivity index (χ2v) is 8.63. The number of ether oxygens (including phenoxy) is 2. The molecule has 9 heteroatoms. The molecule has 0 aliphatic heterocycles. The summed E-state index contributed by atoms with van der Waals surface area (Å²) < 4.78 is 10.9. The van der Waals surface area contributed by atoms with Crippen molar-refractivity contribution in [3.05, 3.63) is 71.3 Å². The van der Waals surface area contributed by atoms with Gasteiger partial charge in [-0.3, -0.25) is 0 Å². The molecule has 0 aliphatic rings. The molecule has 9 nitrogen and oxygen atoms in total. The predicted molar refractivity (Wildman–Crippen MR) is 150 cm³/mol. The Morgan fingerprint density at radius 1 is 0.676 bits per heavy atom. The number of nitrogens with one attached hydrogen (secondary N) is 3. The summed E-state index contributed by atoms with van der Waals surface area (Å²) in [6.45, 7) is 6.84. The Morgan fingerprint density at radius 2 is 1.30 bits per heavy atom. The number of hydrogen-bond acceptors (Lipinski definition) is 9. The van der Waals surface area contributed by atoms with Crippen LogP contribution in [0.5, 0.6) is 0 Å². The minimum Gasteiger partial charge on any atom is -0.378 e. The van der Waals surface area contributed by atoms with Crippen LogP contribution in [-0.2, 0) is 28.9 Å². The zero-order valence-electron chi connectivity index (χ0n) is 21.9. The van der Waals surface area contributed by atoms with Crippen LogP contribution < -0.4 is 21.7 Å². The van der Waals surface area contributed by atoms with Crippen LogP contribution in [0.2, 0.25) is 0 Å². The largest absolute Gasteiger partial charge is 0.378 e. The monoisotopic (exact) mass is 507 g/mol. The summed E-state index contributed by atoms with van der Waals surface area (Å²) >= 11 is 0. The summed E-state index contributed by atoms with van der Waals surface area (Å²) in [5.74, 6) is 1.60. The maximum atomic E-state index is 5.58. The zero-order valence-corrected chi connectivity index (χ0v) is 21.9. The smallest absolute Gasteiger partial charge is 0.229 e. The fourth-order valence-electron chi connectivity index (χ4n) is 3.70. The lowest BCUT2D eigenvalue weighted by atomic mass is 10.00. The van der Waals surface area contributed by atoms with Crippen molar-refractivity contribution in [3.8, 4) is 0 Å². The molecular weight excluding hydrogens is 466 g/mol. The fourth-order valence-corrected chi connectivity index (χ4v) is 3.70.